The predicted octanol–water partition coefficient (Wildman–Crippen LogP) is 0.766. The van der Waals surface area contributed by atoms with Crippen LogP contribution in [0.3, 0.4) is 0 Å². The number of aromatic nitrogens is 1. The molecule has 1 heterocycles. The topological polar surface area (TPSA) is 100 Å². The Morgan fingerprint density at radius 1 is 1.38 bits per heavy atom. The number of pyridine rings is 1. The summed E-state index contributed by atoms with van der Waals surface area (Å²) < 4.78 is 26.9. The molecule has 0 aliphatic carbocycles. The largest absolute Gasteiger partial charge is 0.323 e. The number of anilines is 1. The summed E-state index contributed by atoms with van der Waals surface area (Å²) in [5.74, 6) is 5.31. The van der Waals surface area contributed by atoms with Gasteiger partial charge < -0.3 is 10.3 Å². The molecule has 7 nitrogen and oxygen atoms in total. The number of rotatable bonds is 9. The van der Waals surface area contributed by atoms with Gasteiger partial charge in [0.05, 0.1) is 5.69 Å². The zero-order valence-corrected chi connectivity index (χ0v) is 13.7. The summed E-state index contributed by atoms with van der Waals surface area (Å²) in [7, 11) is -1.53. The van der Waals surface area contributed by atoms with Gasteiger partial charge in [-0.05, 0) is 46.3 Å². The number of unbranched alkanes of at least 4 members (excludes halogenated alkanes) is 1. The van der Waals surface area contributed by atoms with E-state index in [0.29, 0.717) is 18.3 Å². The predicted molar refractivity (Wildman–Crippen MR) is 84.2 cm³/mol. The molecule has 4 N–H and O–H groups in total. The summed E-state index contributed by atoms with van der Waals surface area (Å²) >= 11 is 0. The minimum atomic E-state index is -3.59. The van der Waals surface area contributed by atoms with Gasteiger partial charge in [0.1, 0.15) is 4.90 Å². The molecule has 8 heteroatoms. The van der Waals surface area contributed by atoms with E-state index in [9.17, 15) is 8.42 Å². The van der Waals surface area contributed by atoms with Crippen LogP contribution in [-0.4, -0.2) is 44.5 Å². The molecule has 0 fully saturated rings. The fourth-order valence-corrected chi connectivity index (χ4v) is 2.93. The first-order valence-electron chi connectivity index (χ1n) is 6.99. The molecule has 0 aliphatic heterocycles. The Balaban J connectivity index is 2.47. The first-order chi connectivity index (χ1) is 9.88. The molecule has 0 spiro atoms. The van der Waals surface area contributed by atoms with E-state index in [-0.39, 0.29) is 4.90 Å². The van der Waals surface area contributed by atoms with Gasteiger partial charge >= 0.3 is 0 Å². The maximum absolute atomic E-state index is 12.2. The highest BCUT2D eigenvalue weighted by Crippen LogP contribution is 2.17. The molecule has 0 radical (unpaired) electrons. The molecular formula is C13H25N5O2S. The lowest BCUT2D eigenvalue weighted by Crippen LogP contribution is -2.29. The van der Waals surface area contributed by atoms with Gasteiger partial charge in [-0.15, -0.1) is 0 Å². The van der Waals surface area contributed by atoms with Gasteiger partial charge in [-0.1, -0.05) is 0 Å². The summed E-state index contributed by atoms with van der Waals surface area (Å²) in [4.78, 5) is 6.12. The first kappa shape index (κ1) is 17.8. The second kappa shape index (κ2) is 8.28. The van der Waals surface area contributed by atoms with Crippen molar-refractivity contribution in [2.24, 2.45) is 5.84 Å². The van der Waals surface area contributed by atoms with Crippen LogP contribution in [0.15, 0.2) is 23.4 Å². The van der Waals surface area contributed by atoms with Crippen LogP contribution < -0.4 is 16.0 Å². The molecule has 0 aliphatic rings. The van der Waals surface area contributed by atoms with E-state index < -0.39 is 10.0 Å². The summed E-state index contributed by atoms with van der Waals surface area (Å²) in [6, 6.07) is 2.02. The lowest BCUT2D eigenvalue weighted by molar-refractivity contribution is 0.268. The molecule has 1 aromatic rings. The summed E-state index contributed by atoms with van der Waals surface area (Å²) in [6.07, 6.45) is 4.48. The second-order valence-electron chi connectivity index (χ2n) is 5.20. The number of nitrogens with one attached hydrogen (secondary N) is 2. The van der Waals surface area contributed by atoms with Crippen molar-refractivity contribution in [1.29, 1.82) is 0 Å². The van der Waals surface area contributed by atoms with Crippen molar-refractivity contribution in [1.82, 2.24) is 14.6 Å². The van der Waals surface area contributed by atoms with E-state index >= 15 is 0 Å². The minimum Gasteiger partial charge on any atom is -0.323 e. The average molecular weight is 315 g/mol. The minimum absolute atomic E-state index is 0.0619. The maximum Gasteiger partial charge on any atom is 0.244 e. The summed E-state index contributed by atoms with van der Waals surface area (Å²) in [5, 5.41) is 0. The van der Waals surface area contributed by atoms with E-state index in [4.69, 9.17) is 5.84 Å². The summed E-state index contributed by atoms with van der Waals surface area (Å²) in [6.45, 7) is 5.61. The highest BCUT2D eigenvalue weighted by atomic mass is 32.2. The van der Waals surface area contributed by atoms with Crippen LogP contribution in [0.4, 0.5) is 5.69 Å². The third-order valence-electron chi connectivity index (χ3n) is 3.34. The number of nitrogen functional groups attached to an aromatic ring is 1. The van der Waals surface area contributed by atoms with Gasteiger partial charge in [0.15, 0.2) is 0 Å². The lowest BCUT2D eigenvalue weighted by Gasteiger charge is -2.20. The van der Waals surface area contributed by atoms with Crippen LogP contribution in [0, 0.1) is 0 Å². The van der Waals surface area contributed by atoms with Crippen molar-refractivity contribution in [3.63, 3.8) is 0 Å². The van der Waals surface area contributed by atoms with Crippen molar-refractivity contribution >= 4 is 15.7 Å². The fraction of sp³-hybridized carbons (Fsp3) is 0.615. The third-order valence-corrected chi connectivity index (χ3v) is 4.83. The second-order valence-corrected chi connectivity index (χ2v) is 6.93. The number of nitrogens with two attached hydrogens (primary N) is 1. The van der Waals surface area contributed by atoms with Crippen LogP contribution in [0.2, 0.25) is 0 Å². The van der Waals surface area contributed by atoms with E-state index in [2.05, 4.69) is 40.9 Å². The Labute approximate surface area is 127 Å². The van der Waals surface area contributed by atoms with Crippen LogP contribution in [0.1, 0.15) is 26.7 Å². The Hall–Kier alpha value is -1.22. The molecule has 0 amide bonds. The third kappa shape index (κ3) is 5.58. The van der Waals surface area contributed by atoms with Crippen LogP contribution in [0.25, 0.3) is 0 Å². The van der Waals surface area contributed by atoms with Gasteiger partial charge in [0.2, 0.25) is 10.0 Å². The maximum atomic E-state index is 12.2. The van der Waals surface area contributed by atoms with Gasteiger partial charge in [0.25, 0.3) is 0 Å². The average Bonchev–Trinajstić information content (AvgIpc) is 2.46. The number of nitrogens with zero attached hydrogens (tertiary/aromatic N) is 2. The van der Waals surface area contributed by atoms with Crippen LogP contribution in [-0.2, 0) is 10.0 Å². The highest BCUT2D eigenvalue weighted by molar-refractivity contribution is 7.89. The Morgan fingerprint density at radius 3 is 2.71 bits per heavy atom. The van der Waals surface area contributed by atoms with Crippen molar-refractivity contribution in [2.75, 3.05) is 25.6 Å². The molecule has 0 saturated carbocycles. The van der Waals surface area contributed by atoms with Crippen LogP contribution in [0.5, 0.6) is 0 Å². The Morgan fingerprint density at radius 2 is 2.10 bits per heavy atom. The van der Waals surface area contributed by atoms with Crippen molar-refractivity contribution in [3.05, 3.63) is 18.5 Å². The van der Waals surface area contributed by atoms with Gasteiger partial charge in [-0.3, -0.25) is 10.8 Å². The molecule has 0 atom stereocenters. The molecule has 0 unspecified atom stereocenters. The number of hydrazine groups is 1. The van der Waals surface area contributed by atoms with E-state index in [1.807, 2.05) is 0 Å². The molecule has 0 saturated heterocycles. The van der Waals surface area contributed by atoms with Crippen LogP contribution >= 0.6 is 0 Å². The SMILES string of the molecule is CC(C)N(C)CCCCNS(=O)(=O)c1cnccc1NN. The normalized spacial score (nSPS) is 12.1. The molecule has 21 heavy (non-hydrogen) atoms. The van der Waals surface area contributed by atoms with E-state index in [1.165, 1.54) is 18.5 Å². The van der Waals surface area contributed by atoms with Crippen molar-refractivity contribution < 1.29 is 8.42 Å². The van der Waals surface area contributed by atoms with Gasteiger partial charge in [-0.2, -0.15) is 0 Å². The smallest absolute Gasteiger partial charge is 0.244 e. The lowest BCUT2D eigenvalue weighted by atomic mass is 10.2. The number of sulfonamides is 1. The molecule has 0 aromatic carbocycles. The molecular weight excluding hydrogens is 290 g/mol. The number of hydrogen-bond donors (Lipinski definition) is 3. The fourth-order valence-electron chi connectivity index (χ4n) is 1.74. The van der Waals surface area contributed by atoms with Gasteiger partial charge in [0, 0.05) is 25.0 Å². The molecule has 1 rings (SSSR count). The zero-order chi connectivity index (χ0) is 15.9. The quantitative estimate of drug-likeness (QED) is 0.353. The first-order valence-corrected chi connectivity index (χ1v) is 8.47. The van der Waals surface area contributed by atoms with Crippen molar-refractivity contribution in [3.8, 4) is 0 Å². The number of hydrogen-bond acceptors (Lipinski definition) is 6. The Kier molecular flexibility index (Phi) is 7.03. The van der Waals surface area contributed by atoms with Gasteiger partial charge in [-0.25, -0.2) is 13.1 Å². The van der Waals surface area contributed by atoms with E-state index in [1.54, 1.807) is 0 Å². The highest BCUT2D eigenvalue weighted by Gasteiger charge is 2.17. The van der Waals surface area contributed by atoms with E-state index in [0.717, 1.165) is 19.4 Å². The molecule has 120 valence electrons. The standard InChI is InChI=1S/C13H25N5O2S/c1-11(2)18(3)9-5-4-7-16-21(19,20)13-10-15-8-6-12(13)17-14/h6,8,10-11,16H,4-5,7,9,14H2,1-3H3,(H,15,17). The monoisotopic (exact) mass is 315 g/mol. The Bertz CT molecular complexity index is 533. The molecule has 0 bridgehead atoms. The molecule has 1 aromatic heterocycles. The summed E-state index contributed by atoms with van der Waals surface area (Å²) in [5.41, 5.74) is 2.70. The van der Waals surface area contributed by atoms with Crippen molar-refractivity contribution in [2.45, 2.75) is 37.6 Å². The zero-order valence-electron chi connectivity index (χ0n) is 12.8.